The van der Waals surface area contributed by atoms with Crippen molar-refractivity contribution in [2.45, 2.75) is 0 Å². The summed E-state index contributed by atoms with van der Waals surface area (Å²) in [6, 6.07) is 0. The van der Waals surface area contributed by atoms with Gasteiger partial charge >= 0.3 is 179 Å². The van der Waals surface area contributed by atoms with E-state index in [0.29, 0.717) is 0 Å². The van der Waals surface area contributed by atoms with E-state index in [2.05, 4.69) is 0 Å². The van der Waals surface area contributed by atoms with Crippen LogP contribution in [-0.4, -0.2) is 81.4 Å². The first-order valence-corrected chi connectivity index (χ1v) is 22.0. The summed E-state index contributed by atoms with van der Waals surface area (Å²) in [7, 11) is -50.5. The Morgan fingerprint density at radius 2 is 0.113 bits per heavy atom. The fourth-order valence-electron chi connectivity index (χ4n) is 0. The van der Waals surface area contributed by atoms with Crippen molar-refractivity contribution in [3.63, 3.8) is 0 Å². The third kappa shape index (κ3) is 4560. The van der Waals surface area contributed by atoms with Crippen molar-refractivity contribution < 1.29 is 352 Å². The third-order valence-electron chi connectivity index (χ3n) is 0. The average Bonchev–Trinajstić information content (AvgIpc) is 2.26. The van der Waals surface area contributed by atoms with Gasteiger partial charge in [-0.25, -0.2) is 0 Å². The van der Waals surface area contributed by atoms with Gasteiger partial charge in [0.2, 0.25) is 0 Å². The van der Waals surface area contributed by atoms with Crippen LogP contribution in [0.3, 0.4) is 0 Å². The van der Waals surface area contributed by atoms with Gasteiger partial charge in [-0.15, -0.1) is 0 Å². The zero-order chi connectivity index (χ0) is 40.5. The molecular weight excluding hydrogens is 1400 g/mol. The topological polar surface area (TPSA) is 830 Å². The van der Waals surface area contributed by atoms with E-state index in [0.717, 1.165) is 0 Å². The summed E-state index contributed by atoms with van der Waals surface area (Å²) in [6.07, 6.45) is 0. The van der Waals surface area contributed by atoms with Crippen LogP contribution in [0.15, 0.2) is 0 Å². The van der Waals surface area contributed by atoms with Crippen molar-refractivity contribution in [1.82, 2.24) is 0 Å². The van der Waals surface area contributed by atoms with Crippen LogP contribution >= 0.6 is 0 Å². The van der Waals surface area contributed by atoms with E-state index in [1.807, 2.05) is 0 Å². The van der Waals surface area contributed by atoms with Crippen molar-refractivity contribution >= 4 is 81.4 Å². The molecule has 53 heteroatoms. The summed E-state index contributed by atoms with van der Waals surface area (Å²) < 4.78 is 0. The number of hydrogen-bond donors (Lipinski definition) is 0. The molecule has 288 valence electrons. The molecule has 0 saturated carbocycles. The third-order valence-corrected chi connectivity index (χ3v) is 0. The smallest absolute Gasteiger partial charge is 0.894 e. The van der Waals surface area contributed by atoms with Gasteiger partial charge in [-0.3, -0.25) is 0 Å². The maximum absolute atomic E-state index is 8.58. The molecule has 0 radical (unpaired) electrons. The molecule has 0 heterocycles. The SMILES string of the molecule is [O-][Si]([O-])([O-])[O-].[O-][Si]([O-])([O-])[O-].[O-][Si]([O-])([O-])[O-].[O-][Si]([O-])([O-])[O-].[O-][Si]([O-])([O-])[O-].[O-][Si]([O-])([O-])[O-].[O-][Si]([O-])([O-])[O-].[O-][Si]([O-])([O-])[O-].[O-][Si]([O-])([O-])[O-].[V+5].[V+5].[V+5].[V+5].[Zr+4].[Zr+4].[Zr+4].[Zr+4]. The summed E-state index contributed by atoms with van der Waals surface area (Å²) in [5.41, 5.74) is 0. The molecule has 0 bridgehead atoms. The molecule has 0 aromatic carbocycles. The van der Waals surface area contributed by atoms with Crippen molar-refractivity contribution in [2.75, 3.05) is 0 Å². The van der Waals surface area contributed by atoms with Crippen LogP contribution in [0.4, 0.5) is 0 Å². The fourth-order valence-corrected chi connectivity index (χ4v) is 0. The van der Waals surface area contributed by atoms with Gasteiger partial charge in [0.25, 0.3) is 0 Å². The summed E-state index contributed by atoms with van der Waals surface area (Å²) in [5, 5.41) is 0. The second kappa shape index (κ2) is 52.7. The Hall–Kier alpha value is 6.38. The van der Waals surface area contributed by atoms with Gasteiger partial charge in [-0.2, -0.15) is 0 Å². The van der Waals surface area contributed by atoms with Crippen LogP contribution in [0, 0.1) is 0 Å². The first kappa shape index (κ1) is 113. The van der Waals surface area contributed by atoms with Gasteiger partial charge in [0.1, 0.15) is 0 Å². The van der Waals surface area contributed by atoms with Crippen molar-refractivity contribution in [2.24, 2.45) is 0 Å². The molecule has 0 aliphatic heterocycles. The summed E-state index contributed by atoms with van der Waals surface area (Å²) >= 11 is 0. The van der Waals surface area contributed by atoms with E-state index in [9.17, 15) is 0 Å². The Kier molecular flexibility index (Phi) is 112. The predicted molar refractivity (Wildman–Crippen MR) is 51.8 cm³/mol. The van der Waals surface area contributed by atoms with Crippen LogP contribution in [0.2, 0.25) is 0 Å². The van der Waals surface area contributed by atoms with Crippen molar-refractivity contribution in [1.29, 1.82) is 0 Å². The molecule has 0 atom stereocenters. The maximum atomic E-state index is 8.58. The summed E-state index contributed by atoms with van der Waals surface area (Å²) in [4.78, 5) is 309. The van der Waals surface area contributed by atoms with E-state index in [1.54, 1.807) is 0 Å². The maximum Gasteiger partial charge on any atom is 5.00 e. The minimum atomic E-state index is -5.61. The van der Waals surface area contributed by atoms with Gasteiger partial charge in [-0.05, 0) is 0 Å². The largest absolute Gasteiger partial charge is 5.00 e. The van der Waals surface area contributed by atoms with Crippen LogP contribution in [-0.2, 0) is 179 Å². The van der Waals surface area contributed by atoms with E-state index in [-0.39, 0.29) is 179 Å². The van der Waals surface area contributed by atoms with Gasteiger partial charge in [0.05, 0.1) is 0 Å². The van der Waals surface area contributed by atoms with Gasteiger partial charge < -0.3 is 254 Å². The van der Waals surface area contributed by atoms with E-state index in [4.69, 9.17) is 173 Å². The molecule has 53 heavy (non-hydrogen) atoms. The quantitative estimate of drug-likeness (QED) is 0.203. The van der Waals surface area contributed by atoms with Gasteiger partial charge in [0.15, 0.2) is 0 Å². The van der Waals surface area contributed by atoms with E-state index >= 15 is 0 Å². The minimum absolute atomic E-state index is 0. The Morgan fingerprint density at radius 1 is 0.113 bits per heavy atom. The normalized spacial score (nSPS) is 10.2. The average molecular weight is 1400 g/mol. The van der Waals surface area contributed by atoms with E-state index < -0.39 is 81.4 Å². The van der Waals surface area contributed by atoms with Gasteiger partial charge in [-0.1, -0.05) is 0 Å². The molecule has 0 spiro atoms. The molecule has 0 fully saturated rings. The molecule has 0 aromatic heterocycles. The van der Waals surface area contributed by atoms with Crippen LogP contribution < -0.4 is 173 Å². The molecule has 0 unspecified atom stereocenters. The first-order valence-electron chi connectivity index (χ1n) is 7.35. The van der Waals surface area contributed by atoms with Crippen LogP contribution in [0.25, 0.3) is 0 Å². The predicted octanol–water partition coefficient (Wildman–Crippen LogP) is -46.3. The Balaban J connectivity index is -0.0000000180. The summed E-state index contributed by atoms with van der Waals surface area (Å²) in [5.74, 6) is 0. The van der Waals surface area contributed by atoms with E-state index in [1.165, 1.54) is 0 Å². The molecule has 0 aliphatic rings. The Labute approximate surface area is 427 Å². The molecule has 0 N–H and O–H groups in total. The standard InChI is InChI=1S/9O4Si.4V.4Zr/c9*1-5(2,3)4;;;;;;;;/q9*-4;4*+5;4*+4. The first-order chi connectivity index (χ1) is 18.0. The molecule has 0 saturated heterocycles. The Morgan fingerprint density at radius 3 is 0.113 bits per heavy atom. The fraction of sp³-hybridized carbons (Fsp3) is 0. The van der Waals surface area contributed by atoms with Crippen molar-refractivity contribution in [3.8, 4) is 0 Å². The monoisotopic (exact) mass is 1390 g/mol. The minimum Gasteiger partial charge on any atom is -0.894 e. The number of hydrogen-bond acceptors (Lipinski definition) is 36. The van der Waals surface area contributed by atoms with Crippen molar-refractivity contribution in [3.05, 3.63) is 0 Å². The van der Waals surface area contributed by atoms with Gasteiger partial charge in [0, 0.05) is 0 Å². The summed E-state index contributed by atoms with van der Waals surface area (Å²) in [6.45, 7) is 0. The molecule has 0 aromatic rings. The second-order valence-corrected chi connectivity index (χ2v) is 13.5. The second-order valence-electron chi connectivity index (χ2n) is 4.50. The molecule has 0 aliphatic carbocycles. The molecule has 36 nitrogen and oxygen atoms in total. The zero-order valence-corrected chi connectivity index (χ0v) is 47.4. The number of rotatable bonds is 0. The zero-order valence-electron chi connectivity index (χ0n) is 23.0. The molecule has 0 amide bonds. The van der Waals surface area contributed by atoms with Crippen LogP contribution in [0.5, 0.6) is 0 Å². The molecule has 0 rings (SSSR count). The molecular formula is O36Si9V4Zr4. The van der Waals surface area contributed by atoms with Crippen LogP contribution in [0.1, 0.15) is 0 Å². The Bertz CT molecular complexity index is 384.